The van der Waals surface area contributed by atoms with Crippen LogP contribution >= 0.6 is 11.6 Å². The Labute approximate surface area is 152 Å². The van der Waals surface area contributed by atoms with Gasteiger partial charge in [-0.1, -0.05) is 78.4 Å². The van der Waals surface area contributed by atoms with Gasteiger partial charge >= 0.3 is 5.97 Å². The van der Waals surface area contributed by atoms with Gasteiger partial charge in [0.15, 0.2) is 0 Å². The van der Waals surface area contributed by atoms with Gasteiger partial charge in [-0.25, -0.2) is 4.79 Å². The van der Waals surface area contributed by atoms with Crippen LogP contribution in [0.3, 0.4) is 0 Å². The summed E-state index contributed by atoms with van der Waals surface area (Å²) in [5, 5.41) is 0.698. The molecule has 0 amide bonds. The fourth-order valence-electron chi connectivity index (χ4n) is 2.27. The lowest BCUT2D eigenvalue weighted by molar-refractivity contribution is -0.133. The molecule has 0 atom stereocenters. The van der Waals surface area contributed by atoms with Gasteiger partial charge in [-0.3, -0.25) is 0 Å². The van der Waals surface area contributed by atoms with Gasteiger partial charge in [0.05, 0.1) is 20.5 Å². The number of esters is 1. The van der Waals surface area contributed by atoms with Gasteiger partial charge in [0.1, 0.15) is 5.57 Å². The van der Waals surface area contributed by atoms with Crippen LogP contribution in [0.4, 0.5) is 0 Å². The number of carbonyl (C=O) groups excluding carboxylic acids is 1. The molecule has 25 heavy (non-hydrogen) atoms. The Morgan fingerprint density at radius 3 is 2.16 bits per heavy atom. The van der Waals surface area contributed by atoms with Crippen LogP contribution in [0.25, 0.3) is 17.7 Å². The zero-order chi connectivity index (χ0) is 18.1. The number of hydrogen-bond donors (Lipinski definition) is 0. The van der Waals surface area contributed by atoms with Crippen LogP contribution in [0.2, 0.25) is 5.02 Å². The van der Waals surface area contributed by atoms with Crippen molar-refractivity contribution in [1.82, 2.24) is 0 Å². The number of methoxy groups -OCH3 is 2. The van der Waals surface area contributed by atoms with E-state index in [4.69, 9.17) is 21.1 Å². The molecule has 2 aromatic rings. The molecule has 0 saturated carbocycles. The minimum absolute atomic E-state index is 0.361. The molecule has 0 spiro atoms. The highest BCUT2D eigenvalue weighted by Gasteiger charge is 2.15. The molecule has 0 aliphatic carbocycles. The predicted molar refractivity (Wildman–Crippen MR) is 103 cm³/mol. The summed E-state index contributed by atoms with van der Waals surface area (Å²) in [5.74, 6) is -0.450. The molecule has 2 rings (SSSR count). The first-order chi connectivity index (χ1) is 12.2. The minimum Gasteiger partial charge on any atom is -0.503 e. The Morgan fingerprint density at radius 1 is 0.920 bits per heavy atom. The molecule has 128 valence electrons. The number of carbonyl (C=O) groups is 1. The summed E-state index contributed by atoms with van der Waals surface area (Å²) in [5.41, 5.74) is 2.91. The lowest BCUT2D eigenvalue weighted by atomic mass is 10.00. The van der Waals surface area contributed by atoms with Crippen molar-refractivity contribution in [3.05, 3.63) is 88.7 Å². The average molecular weight is 355 g/mol. The molecule has 0 radical (unpaired) electrons. The van der Waals surface area contributed by atoms with Crippen molar-refractivity contribution in [3.63, 3.8) is 0 Å². The van der Waals surface area contributed by atoms with E-state index in [-0.39, 0.29) is 0 Å². The van der Waals surface area contributed by atoms with Crippen molar-refractivity contribution in [2.45, 2.75) is 0 Å². The molecule has 2 aromatic carbocycles. The molecule has 0 aliphatic rings. The van der Waals surface area contributed by atoms with Crippen LogP contribution in [-0.2, 0) is 14.3 Å². The Kier molecular flexibility index (Phi) is 7.05. The number of halogens is 1. The first kappa shape index (κ1) is 18.6. The maximum absolute atomic E-state index is 12.0. The summed E-state index contributed by atoms with van der Waals surface area (Å²) in [6.07, 6.45) is 9.01. The van der Waals surface area contributed by atoms with E-state index in [0.717, 1.165) is 16.7 Å². The summed E-state index contributed by atoms with van der Waals surface area (Å²) in [6.45, 7) is 0. The lowest BCUT2D eigenvalue weighted by Gasteiger charge is -2.08. The van der Waals surface area contributed by atoms with E-state index in [9.17, 15) is 4.79 Å². The van der Waals surface area contributed by atoms with Crippen LogP contribution in [0.15, 0.2) is 66.9 Å². The number of rotatable bonds is 6. The SMILES string of the molecule is CO/C=C(/C(=O)OC)c1ccccc1/C=C/C=C/c1ccccc1Cl. The first-order valence-corrected chi connectivity index (χ1v) is 8.05. The minimum atomic E-state index is -0.450. The zero-order valence-corrected chi connectivity index (χ0v) is 14.9. The summed E-state index contributed by atoms with van der Waals surface area (Å²) in [4.78, 5) is 12.0. The molecule has 0 bridgehead atoms. The van der Waals surface area contributed by atoms with Gasteiger partial charge in [0.2, 0.25) is 0 Å². The van der Waals surface area contributed by atoms with Gasteiger partial charge in [-0.2, -0.15) is 0 Å². The van der Waals surface area contributed by atoms with Crippen molar-refractivity contribution < 1.29 is 14.3 Å². The van der Waals surface area contributed by atoms with Crippen LogP contribution in [0.5, 0.6) is 0 Å². The maximum atomic E-state index is 12.0. The van der Waals surface area contributed by atoms with Crippen LogP contribution in [0, 0.1) is 0 Å². The van der Waals surface area contributed by atoms with Gasteiger partial charge in [-0.05, 0) is 22.8 Å². The molecule has 4 heteroatoms. The molecular formula is C21H19ClO3. The fraction of sp³-hybridized carbons (Fsp3) is 0.0952. The van der Waals surface area contributed by atoms with Gasteiger partial charge in [0.25, 0.3) is 0 Å². The molecule has 3 nitrogen and oxygen atoms in total. The van der Waals surface area contributed by atoms with Crippen molar-refractivity contribution in [1.29, 1.82) is 0 Å². The summed E-state index contributed by atoms with van der Waals surface area (Å²) in [7, 11) is 2.84. The molecule has 0 aromatic heterocycles. The Morgan fingerprint density at radius 2 is 1.52 bits per heavy atom. The van der Waals surface area contributed by atoms with Crippen LogP contribution in [-0.4, -0.2) is 20.2 Å². The molecule has 0 saturated heterocycles. The van der Waals surface area contributed by atoms with E-state index in [1.54, 1.807) is 0 Å². The number of allylic oxidation sites excluding steroid dienone is 2. The van der Waals surface area contributed by atoms with E-state index in [2.05, 4.69) is 0 Å². The average Bonchev–Trinajstić information content (AvgIpc) is 2.64. The second-order valence-electron chi connectivity index (χ2n) is 5.09. The molecule has 0 fully saturated rings. The third-order valence-electron chi connectivity index (χ3n) is 3.46. The molecule has 0 aliphatic heterocycles. The van der Waals surface area contributed by atoms with Gasteiger partial charge < -0.3 is 9.47 Å². The summed E-state index contributed by atoms with van der Waals surface area (Å²) >= 11 is 6.12. The van der Waals surface area contributed by atoms with E-state index in [0.29, 0.717) is 10.6 Å². The second-order valence-corrected chi connectivity index (χ2v) is 5.49. The van der Waals surface area contributed by atoms with Crippen LogP contribution < -0.4 is 0 Å². The topological polar surface area (TPSA) is 35.5 Å². The van der Waals surface area contributed by atoms with Crippen LogP contribution in [0.1, 0.15) is 16.7 Å². The third-order valence-corrected chi connectivity index (χ3v) is 3.80. The van der Waals surface area contributed by atoms with E-state index < -0.39 is 5.97 Å². The molecule has 0 heterocycles. The zero-order valence-electron chi connectivity index (χ0n) is 14.1. The number of benzene rings is 2. The fourth-order valence-corrected chi connectivity index (χ4v) is 2.46. The molecular weight excluding hydrogens is 336 g/mol. The van der Waals surface area contributed by atoms with Crippen molar-refractivity contribution in [3.8, 4) is 0 Å². The van der Waals surface area contributed by atoms with Crippen molar-refractivity contribution in [2.24, 2.45) is 0 Å². The number of hydrogen-bond acceptors (Lipinski definition) is 3. The monoisotopic (exact) mass is 354 g/mol. The predicted octanol–water partition coefficient (Wildman–Crippen LogP) is 5.23. The normalized spacial score (nSPS) is 11.9. The van der Waals surface area contributed by atoms with Crippen molar-refractivity contribution >= 4 is 35.3 Å². The van der Waals surface area contributed by atoms with Gasteiger partial charge in [0, 0.05) is 5.02 Å². The largest absolute Gasteiger partial charge is 0.503 e. The Balaban J connectivity index is 2.27. The van der Waals surface area contributed by atoms with Gasteiger partial charge in [-0.15, -0.1) is 0 Å². The highest BCUT2D eigenvalue weighted by atomic mass is 35.5. The highest BCUT2D eigenvalue weighted by molar-refractivity contribution is 6.32. The smallest absolute Gasteiger partial charge is 0.341 e. The highest BCUT2D eigenvalue weighted by Crippen LogP contribution is 2.22. The Hall–Kier alpha value is -2.78. The molecule has 0 unspecified atom stereocenters. The summed E-state index contributed by atoms with van der Waals surface area (Å²) < 4.78 is 9.85. The quantitative estimate of drug-likeness (QED) is 0.308. The van der Waals surface area contributed by atoms with E-state index in [1.165, 1.54) is 20.5 Å². The number of ether oxygens (including phenoxy) is 2. The summed E-state index contributed by atoms with van der Waals surface area (Å²) in [6, 6.07) is 15.1. The lowest BCUT2D eigenvalue weighted by Crippen LogP contribution is -2.05. The van der Waals surface area contributed by atoms with E-state index in [1.807, 2.05) is 72.8 Å². The Bertz CT molecular complexity index is 819. The standard InChI is InChI=1S/C21H19ClO3/c1-24-15-19(21(23)25-2)18-13-7-5-10-16(18)9-3-4-11-17-12-6-8-14-20(17)22/h3-15H,1-2H3/b9-3+,11-4+,19-15+. The van der Waals surface area contributed by atoms with Crippen molar-refractivity contribution in [2.75, 3.05) is 14.2 Å². The second kappa shape index (κ2) is 9.50. The maximum Gasteiger partial charge on any atom is 0.341 e. The first-order valence-electron chi connectivity index (χ1n) is 7.67. The van der Waals surface area contributed by atoms with E-state index >= 15 is 0 Å². The molecule has 0 N–H and O–H groups in total. The third kappa shape index (κ3) is 5.10.